The molecule has 0 aliphatic carbocycles. The van der Waals surface area contributed by atoms with Crippen molar-refractivity contribution in [3.05, 3.63) is 336 Å². The number of phenols is 2. The third-order valence-corrected chi connectivity index (χ3v) is 23.3. The maximum absolute atomic E-state index is 12.3. The fourth-order valence-corrected chi connectivity index (χ4v) is 16.3. The normalized spacial score (nSPS) is 12.0. The first-order chi connectivity index (χ1) is 56.7. The SMILES string of the molecule is CCC(C)(C)c1ccc(-n2c(-c3cc(C)cc(C(C)(C)C)c3O)nc3c(-c4[c-]c(-c5cc(-c6ccccc6)ccn5)cc(C(C)(C)C)c4)cccc32)c(-c2ccccc2)c1.Cc1cc(-c2nc3c(-c4[c-]c(-c5cc(-c6ccccc6)ccn5)cc(C(C)(C)C)c4)cccc3n2-c2ccc(CC(C)C)cc2-c2ccccc2)c(O)c(C(C)(C)C)c1.[Pt].[Pt]. The molecular weight excluding hydrogens is 1840 g/mol. The molecular formula is C111H110N6O2Pt2-2. The van der Waals surface area contributed by atoms with Gasteiger partial charge in [-0.15, -0.1) is 58.7 Å². The van der Waals surface area contributed by atoms with Crippen molar-refractivity contribution < 1.29 is 52.3 Å². The second-order valence-corrected chi connectivity index (χ2v) is 37.4. The topological polar surface area (TPSA) is 102 Å². The second-order valence-electron chi connectivity index (χ2n) is 37.4. The Labute approximate surface area is 745 Å². The number of para-hydroxylation sites is 2. The van der Waals surface area contributed by atoms with E-state index in [4.69, 9.17) is 19.9 Å². The molecule has 2 N–H and O–H groups in total. The van der Waals surface area contributed by atoms with Gasteiger partial charge in [0.15, 0.2) is 0 Å². The number of imidazole rings is 2. The number of fused-ring (bicyclic) bond motifs is 2. The third kappa shape index (κ3) is 18.4. The van der Waals surface area contributed by atoms with E-state index in [0.29, 0.717) is 28.7 Å². The Hall–Kier alpha value is -11.1. The van der Waals surface area contributed by atoms with Crippen molar-refractivity contribution in [3.63, 3.8) is 0 Å². The molecule has 0 unspecified atom stereocenters. The van der Waals surface area contributed by atoms with Gasteiger partial charge in [0.2, 0.25) is 0 Å². The summed E-state index contributed by atoms with van der Waals surface area (Å²) in [5.41, 5.74) is 31.3. The number of hydrogen-bond acceptors (Lipinski definition) is 6. The molecule has 12 aromatic carbocycles. The summed E-state index contributed by atoms with van der Waals surface area (Å²) in [6.45, 7) is 42.0. The maximum atomic E-state index is 12.3. The summed E-state index contributed by atoms with van der Waals surface area (Å²) < 4.78 is 4.53. The summed E-state index contributed by atoms with van der Waals surface area (Å²) in [4.78, 5) is 21.0. The molecule has 0 atom stereocenters. The molecule has 4 heterocycles. The van der Waals surface area contributed by atoms with Crippen molar-refractivity contribution in [2.45, 2.75) is 171 Å². The molecule has 16 rings (SSSR count). The molecule has 0 saturated heterocycles. The van der Waals surface area contributed by atoms with Gasteiger partial charge in [-0.2, -0.15) is 0 Å². The first-order valence-electron chi connectivity index (χ1n) is 42.0. The Morgan fingerprint density at radius 1 is 0.347 bits per heavy atom. The van der Waals surface area contributed by atoms with Crippen LogP contribution in [0.15, 0.2) is 279 Å². The van der Waals surface area contributed by atoms with Crippen LogP contribution in [0.25, 0.3) is 145 Å². The standard InChI is InChI=1S/C56H56N3O.C55H54N3O.2Pt/c1-11-56(9,10)42-25-26-49(45(35-42)38-21-16-13-17-22-38)59-50-24-18-23-44(51(50)58-53(59)46-29-36(2)30-47(52(46)60)55(6,7)8)40-31-41(33-43(32-40)54(3,4)5)48-34-39(27-28-57-48)37-19-14-12-15-20-37;1-35(2)27-37-23-24-49(45(30-37)39-19-14-11-15-20-39)58-50-22-16-21-44(51(50)57-53(58)46-28-36(3)29-47(52(46)59)55(7,8)9)41-31-42(33-43(32-41)54(4,5)6)48-34-40(25-26-56-48)38-17-12-10-13-18-38;;/h12-30,32-35,60H,11H2,1-10H3;10-26,28-30,32-35,59H,27H2,1-9H3;;/q2*-1;;. The van der Waals surface area contributed by atoms with Crippen molar-refractivity contribution in [2.75, 3.05) is 0 Å². The molecule has 0 spiro atoms. The maximum Gasteiger partial charge on any atom is 0.148 e. The number of phenolic OH excluding ortho intramolecular Hbond substituents is 2. The Balaban J connectivity index is 0.000000205. The van der Waals surface area contributed by atoms with Gasteiger partial charge in [-0.25, -0.2) is 9.97 Å². The zero-order valence-electron chi connectivity index (χ0n) is 73.3. The van der Waals surface area contributed by atoms with Gasteiger partial charge in [-0.1, -0.05) is 322 Å². The number of hydrogen-bond donors (Lipinski definition) is 2. The van der Waals surface area contributed by atoms with Crippen LogP contribution in [0, 0.1) is 31.9 Å². The van der Waals surface area contributed by atoms with Crippen LogP contribution in [-0.4, -0.2) is 39.3 Å². The van der Waals surface area contributed by atoms with Crippen LogP contribution in [0.4, 0.5) is 0 Å². The Kier molecular flexibility index (Phi) is 25.5. The Morgan fingerprint density at radius 2 is 0.727 bits per heavy atom. The average molecular weight is 1950 g/mol. The van der Waals surface area contributed by atoms with Crippen LogP contribution in [0.2, 0.25) is 0 Å². The molecule has 10 heteroatoms. The molecule has 8 nitrogen and oxygen atoms in total. The van der Waals surface area contributed by atoms with Gasteiger partial charge in [-0.3, -0.25) is 19.1 Å². The van der Waals surface area contributed by atoms with Gasteiger partial charge < -0.3 is 10.2 Å². The summed E-state index contributed by atoms with van der Waals surface area (Å²) in [5.74, 6) is 2.40. The van der Waals surface area contributed by atoms with E-state index in [1.807, 2.05) is 24.5 Å². The minimum atomic E-state index is -0.292. The second kappa shape index (κ2) is 35.1. The molecule has 0 saturated carbocycles. The van der Waals surface area contributed by atoms with E-state index in [1.54, 1.807) is 0 Å². The van der Waals surface area contributed by atoms with Crippen LogP contribution in [0.3, 0.4) is 0 Å². The number of benzene rings is 12. The summed E-state index contributed by atoms with van der Waals surface area (Å²) in [7, 11) is 0. The monoisotopic (exact) mass is 1950 g/mol. The minimum Gasteiger partial charge on any atom is -0.507 e. The number of aromatic nitrogens is 6. The van der Waals surface area contributed by atoms with Gasteiger partial charge in [0.25, 0.3) is 0 Å². The molecule has 16 aromatic rings. The van der Waals surface area contributed by atoms with Crippen molar-refractivity contribution in [1.82, 2.24) is 29.1 Å². The van der Waals surface area contributed by atoms with E-state index in [2.05, 4.69) is 408 Å². The van der Waals surface area contributed by atoms with Crippen molar-refractivity contribution in [3.8, 4) is 135 Å². The van der Waals surface area contributed by atoms with Gasteiger partial charge in [0.1, 0.15) is 23.1 Å². The van der Waals surface area contributed by atoms with Crippen molar-refractivity contribution in [2.24, 2.45) is 5.92 Å². The first-order valence-corrected chi connectivity index (χ1v) is 42.0. The first kappa shape index (κ1) is 87.7. The third-order valence-electron chi connectivity index (χ3n) is 23.3. The molecule has 0 radical (unpaired) electrons. The molecule has 121 heavy (non-hydrogen) atoms. The minimum absolute atomic E-state index is 0. The van der Waals surface area contributed by atoms with E-state index < -0.39 is 0 Å². The van der Waals surface area contributed by atoms with Gasteiger partial charge in [0, 0.05) is 88.2 Å². The summed E-state index contributed by atoms with van der Waals surface area (Å²) in [6, 6.07) is 102. The van der Waals surface area contributed by atoms with Gasteiger partial charge in [0.05, 0.1) is 44.6 Å². The zero-order chi connectivity index (χ0) is 84.2. The summed E-state index contributed by atoms with van der Waals surface area (Å²) in [6.07, 6.45) is 5.76. The number of nitrogens with zero attached hydrogens (tertiary/aromatic N) is 6. The molecule has 0 aliphatic heterocycles. The zero-order valence-corrected chi connectivity index (χ0v) is 77.8. The predicted molar refractivity (Wildman–Crippen MR) is 499 cm³/mol. The van der Waals surface area contributed by atoms with E-state index in [0.717, 1.165) is 158 Å². The summed E-state index contributed by atoms with van der Waals surface area (Å²) >= 11 is 0. The molecule has 4 aromatic heterocycles. The van der Waals surface area contributed by atoms with Crippen molar-refractivity contribution >= 4 is 22.1 Å². The molecule has 0 amide bonds. The number of aryl methyl sites for hydroxylation is 2. The van der Waals surface area contributed by atoms with Gasteiger partial charge in [-0.05, 0) is 176 Å². The fraction of sp³-hybridized carbons (Fsp3) is 0.243. The predicted octanol–water partition coefficient (Wildman–Crippen LogP) is 29.2. The van der Waals surface area contributed by atoms with Crippen LogP contribution < -0.4 is 0 Å². The van der Waals surface area contributed by atoms with Crippen molar-refractivity contribution in [1.29, 1.82) is 0 Å². The quantitative estimate of drug-likeness (QED) is 0.0935. The summed E-state index contributed by atoms with van der Waals surface area (Å²) in [5, 5.41) is 24.5. The van der Waals surface area contributed by atoms with E-state index in [1.165, 1.54) is 22.3 Å². The number of pyridine rings is 2. The fourth-order valence-electron chi connectivity index (χ4n) is 16.3. The largest absolute Gasteiger partial charge is 0.507 e. The van der Waals surface area contributed by atoms with Crippen LogP contribution in [-0.2, 0) is 75.6 Å². The Morgan fingerprint density at radius 3 is 1.11 bits per heavy atom. The van der Waals surface area contributed by atoms with Crippen LogP contribution >= 0.6 is 0 Å². The van der Waals surface area contributed by atoms with Crippen LogP contribution in [0.5, 0.6) is 11.5 Å². The van der Waals surface area contributed by atoms with E-state index in [-0.39, 0.29) is 80.7 Å². The average Bonchev–Trinajstić information content (AvgIpc) is 1.59. The van der Waals surface area contributed by atoms with Gasteiger partial charge >= 0.3 is 0 Å². The molecule has 618 valence electrons. The number of aromatic hydroxyl groups is 2. The molecule has 0 bridgehead atoms. The number of rotatable bonds is 16. The smallest absolute Gasteiger partial charge is 0.148 e. The Bertz CT molecular complexity index is 6450. The molecule has 0 aliphatic rings. The van der Waals surface area contributed by atoms with E-state index >= 15 is 0 Å². The molecule has 0 fully saturated rings. The van der Waals surface area contributed by atoms with Crippen LogP contribution in [0.1, 0.15) is 169 Å². The van der Waals surface area contributed by atoms with E-state index in [9.17, 15) is 10.2 Å².